The summed E-state index contributed by atoms with van der Waals surface area (Å²) in [5, 5.41) is 8.29. The van der Waals surface area contributed by atoms with E-state index in [-0.39, 0.29) is 18.0 Å². The summed E-state index contributed by atoms with van der Waals surface area (Å²) in [7, 11) is 0. The molecule has 6 heteroatoms. The average molecular weight is 294 g/mol. The van der Waals surface area contributed by atoms with Gasteiger partial charge in [0.25, 0.3) is 5.56 Å². The molecule has 0 aliphatic carbocycles. The smallest absolute Gasteiger partial charge is 0.275 e. The Morgan fingerprint density at radius 3 is 2.55 bits per heavy atom. The van der Waals surface area contributed by atoms with Gasteiger partial charge in [0, 0.05) is 23.5 Å². The van der Waals surface area contributed by atoms with Gasteiger partial charge in [-0.05, 0) is 25.1 Å². The fraction of sp³-hybridized carbons (Fsp3) is 0.125. The van der Waals surface area contributed by atoms with E-state index < -0.39 is 0 Å². The third-order valence-corrected chi connectivity index (χ3v) is 3.31. The van der Waals surface area contributed by atoms with Gasteiger partial charge in [0.2, 0.25) is 5.91 Å². The van der Waals surface area contributed by atoms with Crippen molar-refractivity contribution in [2.45, 2.75) is 13.5 Å². The number of nitrogens with zero attached hydrogens (tertiary/aromatic N) is 3. The molecule has 0 fully saturated rings. The molecule has 110 valence electrons. The lowest BCUT2D eigenvalue weighted by Crippen LogP contribution is -2.30. The van der Waals surface area contributed by atoms with E-state index in [1.165, 1.54) is 4.68 Å². The van der Waals surface area contributed by atoms with Crippen LogP contribution in [-0.2, 0) is 11.3 Å². The van der Waals surface area contributed by atoms with Crippen LogP contribution in [0.5, 0.6) is 0 Å². The number of aromatic nitrogens is 3. The van der Waals surface area contributed by atoms with Crippen molar-refractivity contribution in [3.63, 3.8) is 0 Å². The van der Waals surface area contributed by atoms with E-state index in [0.717, 1.165) is 5.39 Å². The van der Waals surface area contributed by atoms with E-state index in [9.17, 15) is 9.59 Å². The molecule has 0 unspecified atom stereocenters. The van der Waals surface area contributed by atoms with Gasteiger partial charge in [0.15, 0.2) is 0 Å². The summed E-state index contributed by atoms with van der Waals surface area (Å²) < 4.78 is 1.19. The number of fused-ring (bicyclic) bond motifs is 1. The maximum absolute atomic E-state index is 12.4. The Morgan fingerprint density at radius 2 is 1.82 bits per heavy atom. The van der Waals surface area contributed by atoms with Gasteiger partial charge in [-0.2, -0.15) is 5.10 Å². The predicted molar refractivity (Wildman–Crippen MR) is 83.6 cm³/mol. The molecule has 3 rings (SSSR count). The van der Waals surface area contributed by atoms with Crippen LogP contribution in [0.4, 0.5) is 5.69 Å². The lowest BCUT2D eigenvalue weighted by Gasteiger charge is -2.09. The molecule has 1 amide bonds. The molecule has 0 spiro atoms. The number of rotatable bonds is 3. The van der Waals surface area contributed by atoms with Gasteiger partial charge in [-0.1, -0.05) is 18.2 Å². The van der Waals surface area contributed by atoms with Gasteiger partial charge in [0.1, 0.15) is 6.54 Å². The highest BCUT2D eigenvalue weighted by Gasteiger charge is 2.10. The molecular formula is C16H14N4O2. The third kappa shape index (κ3) is 2.71. The highest BCUT2D eigenvalue weighted by atomic mass is 16.2. The van der Waals surface area contributed by atoms with Gasteiger partial charge in [-0.3, -0.25) is 14.6 Å². The van der Waals surface area contributed by atoms with E-state index in [1.54, 1.807) is 36.7 Å². The van der Waals surface area contributed by atoms with Gasteiger partial charge in [-0.25, -0.2) is 4.68 Å². The summed E-state index contributed by atoms with van der Waals surface area (Å²) in [4.78, 5) is 28.3. The molecular weight excluding hydrogens is 280 g/mol. The minimum atomic E-state index is -0.310. The Hall–Kier alpha value is -3.02. The lowest BCUT2D eigenvalue weighted by molar-refractivity contribution is -0.117. The van der Waals surface area contributed by atoms with Crippen molar-refractivity contribution in [1.29, 1.82) is 0 Å². The monoisotopic (exact) mass is 294 g/mol. The largest absolute Gasteiger partial charge is 0.324 e. The number of aryl methyl sites for hydroxylation is 1. The van der Waals surface area contributed by atoms with E-state index in [1.807, 2.05) is 19.1 Å². The van der Waals surface area contributed by atoms with Gasteiger partial charge in [-0.15, -0.1) is 0 Å². The van der Waals surface area contributed by atoms with Crippen LogP contribution in [0.25, 0.3) is 10.8 Å². The van der Waals surface area contributed by atoms with Crippen molar-refractivity contribution in [3.05, 3.63) is 64.8 Å². The number of amides is 1. The molecule has 6 nitrogen and oxygen atoms in total. The van der Waals surface area contributed by atoms with Gasteiger partial charge in [0.05, 0.1) is 11.1 Å². The third-order valence-electron chi connectivity index (χ3n) is 3.31. The SMILES string of the molecule is Cc1nn(CC(=O)Nc2ccncc2)c(=O)c2ccccc12. The van der Waals surface area contributed by atoms with Crippen molar-refractivity contribution in [2.24, 2.45) is 0 Å². The Morgan fingerprint density at radius 1 is 1.14 bits per heavy atom. The number of carbonyl (C=O) groups is 1. The zero-order valence-corrected chi connectivity index (χ0v) is 12.0. The first-order valence-electron chi connectivity index (χ1n) is 6.81. The topological polar surface area (TPSA) is 76.9 Å². The number of anilines is 1. The van der Waals surface area contributed by atoms with Crippen molar-refractivity contribution < 1.29 is 4.79 Å². The Bertz CT molecular complexity index is 888. The standard InChI is InChI=1S/C16H14N4O2/c1-11-13-4-2-3-5-14(13)16(22)20(19-11)10-15(21)18-12-6-8-17-9-7-12/h2-9H,10H2,1H3,(H,17,18,21). The molecule has 2 heterocycles. The molecule has 0 aliphatic heterocycles. The first-order chi connectivity index (χ1) is 10.6. The molecule has 0 atom stereocenters. The summed E-state index contributed by atoms with van der Waals surface area (Å²) in [6.07, 6.45) is 3.17. The average Bonchev–Trinajstić information content (AvgIpc) is 2.53. The molecule has 2 aromatic heterocycles. The summed E-state index contributed by atoms with van der Waals surface area (Å²) in [5.41, 5.74) is 1.07. The normalized spacial score (nSPS) is 10.6. The minimum Gasteiger partial charge on any atom is -0.324 e. The van der Waals surface area contributed by atoms with Crippen LogP contribution in [0.15, 0.2) is 53.6 Å². The van der Waals surface area contributed by atoms with Crippen LogP contribution < -0.4 is 10.9 Å². The quantitative estimate of drug-likeness (QED) is 0.798. The molecule has 0 bridgehead atoms. The number of hydrogen-bond acceptors (Lipinski definition) is 4. The highest BCUT2D eigenvalue weighted by Crippen LogP contribution is 2.11. The van der Waals surface area contributed by atoms with Crippen molar-refractivity contribution >= 4 is 22.4 Å². The van der Waals surface area contributed by atoms with E-state index in [2.05, 4.69) is 15.4 Å². The van der Waals surface area contributed by atoms with Crippen LogP contribution in [0, 0.1) is 6.92 Å². The number of hydrogen-bond donors (Lipinski definition) is 1. The highest BCUT2D eigenvalue weighted by molar-refractivity contribution is 5.90. The molecule has 0 radical (unpaired) electrons. The molecule has 0 saturated heterocycles. The number of pyridine rings is 1. The van der Waals surface area contributed by atoms with Gasteiger partial charge >= 0.3 is 0 Å². The number of nitrogens with one attached hydrogen (secondary N) is 1. The summed E-state index contributed by atoms with van der Waals surface area (Å²) in [6, 6.07) is 10.6. The first kappa shape index (κ1) is 13.9. The Labute approximate surface area is 126 Å². The molecule has 22 heavy (non-hydrogen) atoms. The predicted octanol–water partition coefficient (Wildman–Crippen LogP) is 1.74. The molecule has 0 saturated carbocycles. The molecule has 3 aromatic rings. The summed E-state index contributed by atoms with van der Waals surface area (Å²) in [6.45, 7) is 1.69. The maximum Gasteiger partial charge on any atom is 0.275 e. The second-order valence-corrected chi connectivity index (χ2v) is 4.88. The van der Waals surface area contributed by atoms with E-state index in [4.69, 9.17) is 0 Å². The van der Waals surface area contributed by atoms with Gasteiger partial charge < -0.3 is 5.32 Å². The zero-order valence-electron chi connectivity index (χ0n) is 12.0. The fourth-order valence-corrected chi connectivity index (χ4v) is 2.28. The van der Waals surface area contributed by atoms with Crippen LogP contribution in [0.1, 0.15) is 5.69 Å². The second-order valence-electron chi connectivity index (χ2n) is 4.88. The summed E-state index contributed by atoms with van der Waals surface area (Å²) in [5.74, 6) is -0.310. The van der Waals surface area contributed by atoms with Crippen LogP contribution in [0.2, 0.25) is 0 Å². The fourth-order valence-electron chi connectivity index (χ4n) is 2.28. The van der Waals surface area contributed by atoms with E-state index >= 15 is 0 Å². The lowest BCUT2D eigenvalue weighted by atomic mass is 10.1. The Kier molecular flexibility index (Phi) is 3.65. The zero-order chi connectivity index (χ0) is 15.5. The van der Waals surface area contributed by atoms with Crippen molar-refractivity contribution in [2.75, 3.05) is 5.32 Å². The van der Waals surface area contributed by atoms with Crippen molar-refractivity contribution in [1.82, 2.24) is 14.8 Å². The summed E-state index contributed by atoms with van der Waals surface area (Å²) >= 11 is 0. The van der Waals surface area contributed by atoms with Crippen LogP contribution in [-0.4, -0.2) is 20.7 Å². The minimum absolute atomic E-state index is 0.132. The van der Waals surface area contributed by atoms with E-state index in [0.29, 0.717) is 16.8 Å². The Balaban J connectivity index is 1.89. The number of benzene rings is 1. The molecule has 1 aromatic carbocycles. The maximum atomic E-state index is 12.4. The second kappa shape index (κ2) is 5.77. The number of carbonyl (C=O) groups excluding carboxylic acids is 1. The first-order valence-corrected chi connectivity index (χ1v) is 6.81. The molecule has 0 aliphatic rings. The molecule has 1 N–H and O–H groups in total. The van der Waals surface area contributed by atoms with Crippen molar-refractivity contribution in [3.8, 4) is 0 Å². The van der Waals surface area contributed by atoms with Crippen LogP contribution in [0.3, 0.4) is 0 Å². The van der Waals surface area contributed by atoms with Crippen LogP contribution >= 0.6 is 0 Å².